The molecule has 3 rings (SSSR count). The van der Waals surface area contributed by atoms with E-state index in [1.165, 1.54) is 36.8 Å². The Balaban J connectivity index is 2.06. The van der Waals surface area contributed by atoms with Gasteiger partial charge in [-0.15, -0.1) is 0 Å². The molecule has 1 unspecified atom stereocenters. The molecule has 1 aliphatic carbocycles. The molecule has 0 aromatic heterocycles. The number of para-hydroxylation sites is 1. The van der Waals surface area contributed by atoms with Gasteiger partial charge in [0.25, 0.3) is 0 Å². The van der Waals surface area contributed by atoms with E-state index in [4.69, 9.17) is 10.5 Å². The standard InChI is InChI=1S/C16H23NO/c1-12-7-8-13-5-4-6-14(15(13)18-12)16(11-17)9-2-3-10-16/h4-6,12H,2-3,7-11,17H2,1H3. The highest BCUT2D eigenvalue weighted by Gasteiger charge is 2.38. The summed E-state index contributed by atoms with van der Waals surface area (Å²) >= 11 is 0. The highest BCUT2D eigenvalue weighted by molar-refractivity contribution is 5.48. The monoisotopic (exact) mass is 245 g/mol. The van der Waals surface area contributed by atoms with Gasteiger partial charge in [0.2, 0.25) is 0 Å². The molecule has 1 atom stereocenters. The quantitative estimate of drug-likeness (QED) is 0.868. The van der Waals surface area contributed by atoms with E-state index >= 15 is 0 Å². The van der Waals surface area contributed by atoms with Crippen molar-refractivity contribution < 1.29 is 4.74 Å². The first-order valence-corrected chi connectivity index (χ1v) is 7.24. The van der Waals surface area contributed by atoms with Gasteiger partial charge >= 0.3 is 0 Å². The van der Waals surface area contributed by atoms with Gasteiger partial charge in [-0.3, -0.25) is 0 Å². The number of rotatable bonds is 2. The van der Waals surface area contributed by atoms with Crippen molar-refractivity contribution >= 4 is 0 Å². The van der Waals surface area contributed by atoms with Crippen molar-refractivity contribution in [1.29, 1.82) is 0 Å². The topological polar surface area (TPSA) is 35.2 Å². The molecule has 1 fully saturated rings. The van der Waals surface area contributed by atoms with Gasteiger partial charge < -0.3 is 10.5 Å². The summed E-state index contributed by atoms with van der Waals surface area (Å²) in [6, 6.07) is 6.64. The lowest BCUT2D eigenvalue weighted by Gasteiger charge is -2.34. The summed E-state index contributed by atoms with van der Waals surface area (Å²) in [5, 5.41) is 0. The SMILES string of the molecule is CC1CCc2cccc(C3(CN)CCCC3)c2O1. The molecule has 18 heavy (non-hydrogen) atoms. The second kappa shape index (κ2) is 4.58. The van der Waals surface area contributed by atoms with Gasteiger partial charge in [-0.05, 0) is 38.2 Å². The molecular formula is C16H23NO. The van der Waals surface area contributed by atoms with Crippen LogP contribution in [0.3, 0.4) is 0 Å². The van der Waals surface area contributed by atoms with Gasteiger partial charge in [-0.1, -0.05) is 31.0 Å². The summed E-state index contributed by atoms with van der Waals surface area (Å²) in [5.41, 5.74) is 9.06. The average molecular weight is 245 g/mol. The zero-order valence-electron chi connectivity index (χ0n) is 11.2. The highest BCUT2D eigenvalue weighted by atomic mass is 16.5. The first kappa shape index (κ1) is 12.0. The zero-order valence-corrected chi connectivity index (χ0v) is 11.2. The Kier molecular flexibility index (Phi) is 3.06. The fraction of sp³-hybridized carbons (Fsp3) is 0.625. The van der Waals surface area contributed by atoms with Crippen LogP contribution in [0.25, 0.3) is 0 Å². The number of fused-ring (bicyclic) bond motifs is 1. The van der Waals surface area contributed by atoms with E-state index in [9.17, 15) is 0 Å². The Bertz CT molecular complexity index is 435. The summed E-state index contributed by atoms with van der Waals surface area (Å²) in [5.74, 6) is 1.16. The molecule has 1 saturated carbocycles. The van der Waals surface area contributed by atoms with Gasteiger partial charge in [0.05, 0.1) is 6.10 Å². The molecular weight excluding hydrogens is 222 g/mol. The van der Waals surface area contributed by atoms with Gasteiger partial charge in [0, 0.05) is 17.5 Å². The lowest BCUT2D eigenvalue weighted by Crippen LogP contribution is -2.34. The van der Waals surface area contributed by atoms with Crippen molar-refractivity contribution in [3.05, 3.63) is 29.3 Å². The number of nitrogens with two attached hydrogens (primary N) is 1. The summed E-state index contributed by atoms with van der Waals surface area (Å²) in [6.45, 7) is 2.92. The minimum atomic E-state index is 0.183. The van der Waals surface area contributed by atoms with Crippen LogP contribution in [0.2, 0.25) is 0 Å². The van der Waals surface area contributed by atoms with Gasteiger partial charge in [0.15, 0.2) is 0 Å². The van der Waals surface area contributed by atoms with Crippen molar-refractivity contribution in [3.8, 4) is 5.75 Å². The minimum absolute atomic E-state index is 0.183. The van der Waals surface area contributed by atoms with Crippen LogP contribution in [0, 0.1) is 0 Å². The van der Waals surface area contributed by atoms with Crippen molar-refractivity contribution in [1.82, 2.24) is 0 Å². The van der Waals surface area contributed by atoms with Crippen LogP contribution in [0.5, 0.6) is 5.75 Å². The molecule has 1 aromatic carbocycles. The van der Waals surface area contributed by atoms with Crippen LogP contribution < -0.4 is 10.5 Å². The van der Waals surface area contributed by atoms with Crippen molar-refractivity contribution in [2.24, 2.45) is 5.73 Å². The van der Waals surface area contributed by atoms with Crippen LogP contribution >= 0.6 is 0 Å². The fourth-order valence-electron chi connectivity index (χ4n) is 3.59. The van der Waals surface area contributed by atoms with Crippen LogP contribution in [0.1, 0.15) is 50.2 Å². The van der Waals surface area contributed by atoms with E-state index in [1.807, 2.05) is 0 Å². The van der Waals surface area contributed by atoms with Gasteiger partial charge in [0.1, 0.15) is 5.75 Å². The number of benzene rings is 1. The van der Waals surface area contributed by atoms with Crippen LogP contribution in [0.15, 0.2) is 18.2 Å². The normalized spacial score (nSPS) is 25.6. The summed E-state index contributed by atoms with van der Waals surface area (Å²) in [7, 11) is 0. The van der Waals surface area contributed by atoms with Crippen LogP contribution in [-0.4, -0.2) is 12.6 Å². The number of ether oxygens (including phenoxy) is 1. The second-order valence-electron chi connectivity index (χ2n) is 5.95. The predicted octanol–water partition coefficient (Wildman–Crippen LogP) is 3.17. The third-order valence-corrected chi connectivity index (χ3v) is 4.76. The first-order chi connectivity index (χ1) is 8.75. The minimum Gasteiger partial charge on any atom is -0.490 e. The molecule has 1 heterocycles. The van der Waals surface area contributed by atoms with Crippen LogP contribution in [0.4, 0.5) is 0 Å². The Morgan fingerprint density at radius 2 is 2.11 bits per heavy atom. The maximum Gasteiger partial charge on any atom is 0.126 e. The molecule has 2 aliphatic rings. The smallest absolute Gasteiger partial charge is 0.126 e. The Hall–Kier alpha value is -1.02. The second-order valence-corrected chi connectivity index (χ2v) is 5.95. The third-order valence-electron chi connectivity index (χ3n) is 4.76. The van der Waals surface area contributed by atoms with Crippen molar-refractivity contribution in [2.45, 2.75) is 57.0 Å². The summed E-state index contributed by atoms with van der Waals surface area (Å²) < 4.78 is 6.15. The first-order valence-electron chi connectivity index (χ1n) is 7.24. The lowest BCUT2D eigenvalue weighted by atomic mass is 9.77. The number of hydrogen-bond acceptors (Lipinski definition) is 2. The third kappa shape index (κ3) is 1.83. The molecule has 0 amide bonds. The van der Waals surface area contributed by atoms with Crippen molar-refractivity contribution in [2.75, 3.05) is 6.54 Å². The molecule has 98 valence electrons. The highest BCUT2D eigenvalue weighted by Crippen LogP contribution is 2.46. The molecule has 1 aromatic rings. The van der Waals surface area contributed by atoms with E-state index in [1.54, 1.807) is 0 Å². The molecule has 0 spiro atoms. The Labute approximate surface area is 110 Å². The maximum atomic E-state index is 6.15. The summed E-state index contributed by atoms with van der Waals surface area (Å²) in [4.78, 5) is 0. The van der Waals surface area contributed by atoms with E-state index in [2.05, 4.69) is 25.1 Å². The molecule has 0 radical (unpaired) electrons. The molecule has 2 N–H and O–H groups in total. The van der Waals surface area contributed by atoms with E-state index in [0.29, 0.717) is 6.10 Å². The number of hydrogen-bond donors (Lipinski definition) is 1. The maximum absolute atomic E-state index is 6.15. The number of aryl methyl sites for hydroxylation is 1. The molecule has 0 saturated heterocycles. The molecule has 0 bridgehead atoms. The van der Waals surface area contributed by atoms with E-state index in [-0.39, 0.29) is 5.41 Å². The van der Waals surface area contributed by atoms with E-state index in [0.717, 1.165) is 25.1 Å². The van der Waals surface area contributed by atoms with E-state index < -0.39 is 0 Å². The predicted molar refractivity (Wildman–Crippen MR) is 74.1 cm³/mol. The van der Waals surface area contributed by atoms with Gasteiger partial charge in [-0.2, -0.15) is 0 Å². The summed E-state index contributed by atoms with van der Waals surface area (Å²) in [6.07, 6.45) is 7.66. The largest absolute Gasteiger partial charge is 0.490 e. The fourth-order valence-corrected chi connectivity index (χ4v) is 3.59. The molecule has 2 heteroatoms. The van der Waals surface area contributed by atoms with Crippen molar-refractivity contribution in [3.63, 3.8) is 0 Å². The average Bonchev–Trinajstić information content (AvgIpc) is 2.88. The lowest BCUT2D eigenvalue weighted by molar-refractivity contribution is 0.186. The zero-order chi connectivity index (χ0) is 12.6. The Morgan fingerprint density at radius 1 is 1.33 bits per heavy atom. The molecule has 1 aliphatic heterocycles. The Morgan fingerprint density at radius 3 is 2.83 bits per heavy atom. The molecule has 2 nitrogen and oxygen atoms in total. The van der Waals surface area contributed by atoms with Crippen LogP contribution in [-0.2, 0) is 11.8 Å². The van der Waals surface area contributed by atoms with Gasteiger partial charge in [-0.25, -0.2) is 0 Å².